The number of halogens is 2. The Hall–Kier alpha value is 0.160. The van der Waals surface area contributed by atoms with Crippen molar-refractivity contribution in [3.8, 4) is 0 Å². The maximum absolute atomic E-state index is 6.04. The Kier molecular flexibility index (Phi) is 5.89. The number of hydrogen-bond donors (Lipinski definition) is 2. The summed E-state index contributed by atoms with van der Waals surface area (Å²) in [4.78, 5) is 0. The van der Waals surface area contributed by atoms with Crippen LogP contribution in [-0.4, -0.2) is 19.6 Å². The molecule has 15 heavy (non-hydrogen) atoms. The lowest BCUT2D eigenvalue weighted by Gasteiger charge is -2.13. The van der Waals surface area contributed by atoms with Gasteiger partial charge in [-0.3, -0.25) is 0 Å². The molecule has 2 nitrogen and oxygen atoms in total. The van der Waals surface area contributed by atoms with Crippen LogP contribution < -0.4 is 10.6 Å². The zero-order valence-electron chi connectivity index (χ0n) is 8.98. The van der Waals surface area contributed by atoms with E-state index in [1.54, 1.807) is 0 Å². The summed E-state index contributed by atoms with van der Waals surface area (Å²) >= 11 is 8.28. The van der Waals surface area contributed by atoms with Gasteiger partial charge in [-0.05, 0) is 54.3 Å². The van der Waals surface area contributed by atoms with Crippen molar-refractivity contribution < 1.29 is 0 Å². The zero-order chi connectivity index (χ0) is 11.3. The van der Waals surface area contributed by atoms with Gasteiger partial charge in [-0.15, -0.1) is 0 Å². The molecule has 1 aromatic rings. The first kappa shape index (κ1) is 13.2. The average Bonchev–Trinajstić information content (AvgIpc) is 2.20. The first-order valence-corrected chi connectivity index (χ1v) is 6.41. The highest BCUT2D eigenvalue weighted by Gasteiger charge is 2.01. The highest BCUT2D eigenvalue weighted by molar-refractivity contribution is 14.1. The van der Waals surface area contributed by atoms with Gasteiger partial charge in [0.05, 0.1) is 5.02 Å². The maximum Gasteiger partial charge on any atom is 0.0542 e. The molecule has 0 saturated carbocycles. The molecule has 0 spiro atoms. The van der Waals surface area contributed by atoms with E-state index in [1.807, 2.05) is 19.2 Å². The Morgan fingerprint density at radius 1 is 1.47 bits per heavy atom. The molecule has 4 heteroatoms. The van der Waals surface area contributed by atoms with E-state index in [0.29, 0.717) is 6.04 Å². The van der Waals surface area contributed by atoms with Crippen LogP contribution in [0.2, 0.25) is 5.02 Å². The van der Waals surface area contributed by atoms with Crippen LogP contribution in [0.1, 0.15) is 12.5 Å². The minimum absolute atomic E-state index is 0.466. The predicted molar refractivity (Wildman–Crippen MR) is 74.4 cm³/mol. The molecule has 0 heterocycles. The summed E-state index contributed by atoms with van der Waals surface area (Å²) in [5, 5.41) is 7.39. The molecule has 1 rings (SSSR count). The summed E-state index contributed by atoms with van der Waals surface area (Å²) in [5.41, 5.74) is 1.23. The van der Waals surface area contributed by atoms with E-state index in [1.165, 1.54) is 5.56 Å². The van der Waals surface area contributed by atoms with Crippen molar-refractivity contribution in [2.24, 2.45) is 0 Å². The van der Waals surface area contributed by atoms with E-state index in [-0.39, 0.29) is 0 Å². The number of benzene rings is 1. The van der Waals surface area contributed by atoms with Gasteiger partial charge in [0, 0.05) is 22.7 Å². The van der Waals surface area contributed by atoms with Gasteiger partial charge in [0.25, 0.3) is 0 Å². The second-order valence-electron chi connectivity index (χ2n) is 3.59. The standard InChI is InChI=1S/C11H16ClIN2/c1-8(6-14-2)15-7-9-3-4-11(13)10(12)5-9/h3-5,8,14-15H,6-7H2,1-2H3. The number of hydrogen-bond acceptors (Lipinski definition) is 2. The first-order valence-electron chi connectivity index (χ1n) is 4.95. The third kappa shape index (κ3) is 4.68. The molecule has 1 unspecified atom stereocenters. The summed E-state index contributed by atoms with van der Waals surface area (Å²) in [7, 11) is 1.96. The van der Waals surface area contributed by atoms with E-state index in [4.69, 9.17) is 11.6 Å². The molecule has 0 aliphatic rings. The molecule has 1 aromatic carbocycles. The second kappa shape index (κ2) is 6.68. The SMILES string of the molecule is CNCC(C)NCc1ccc(I)c(Cl)c1. The molecular weight excluding hydrogens is 322 g/mol. The van der Waals surface area contributed by atoms with Crippen molar-refractivity contribution in [2.45, 2.75) is 19.5 Å². The van der Waals surface area contributed by atoms with E-state index in [2.05, 4.69) is 46.2 Å². The Bertz CT molecular complexity index is 317. The van der Waals surface area contributed by atoms with Crippen LogP contribution >= 0.6 is 34.2 Å². The van der Waals surface area contributed by atoms with Gasteiger partial charge >= 0.3 is 0 Å². The molecule has 0 fully saturated rings. The first-order chi connectivity index (χ1) is 7.13. The summed E-state index contributed by atoms with van der Waals surface area (Å²) in [6.45, 7) is 3.99. The monoisotopic (exact) mass is 338 g/mol. The van der Waals surface area contributed by atoms with Crippen molar-refractivity contribution >= 4 is 34.2 Å². The van der Waals surface area contributed by atoms with Gasteiger partial charge in [-0.1, -0.05) is 17.7 Å². The highest BCUT2D eigenvalue weighted by Crippen LogP contribution is 2.19. The number of nitrogens with one attached hydrogen (secondary N) is 2. The van der Waals surface area contributed by atoms with Crippen molar-refractivity contribution in [3.05, 3.63) is 32.4 Å². The fourth-order valence-electron chi connectivity index (χ4n) is 1.32. The van der Waals surface area contributed by atoms with Crippen LogP contribution in [0.3, 0.4) is 0 Å². The molecule has 0 aliphatic heterocycles. The van der Waals surface area contributed by atoms with Gasteiger partial charge in [0.2, 0.25) is 0 Å². The predicted octanol–water partition coefficient (Wildman–Crippen LogP) is 2.64. The van der Waals surface area contributed by atoms with E-state index >= 15 is 0 Å². The zero-order valence-corrected chi connectivity index (χ0v) is 11.9. The van der Waals surface area contributed by atoms with Gasteiger partial charge in [-0.2, -0.15) is 0 Å². The van der Waals surface area contributed by atoms with Gasteiger partial charge in [0.1, 0.15) is 0 Å². The van der Waals surface area contributed by atoms with Gasteiger partial charge < -0.3 is 10.6 Å². The second-order valence-corrected chi connectivity index (χ2v) is 5.16. The van der Waals surface area contributed by atoms with Crippen LogP contribution in [0.4, 0.5) is 0 Å². The lowest BCUT2D eigenvalue weighted by atomic mass is 10.2. The van der Waals surface area contributed by atoms with E-state index in [0.717, 1.165) is 21.7 Å². The summed E-state index contributed by atoms with van der Waals surface area (Å²) < 4.78 is 1.10. The summed E-state index contributed by atoms with van der Waals surface area (Å²) in [6.07, 6.45) is 0. The molecule has 0 radical (unpaired) electrons. The Balaban J connectivity index is 2.47. The average molecular weight is 339 g/mol. The highest BCUT2D eigenvalue weighted by atomic mass is 127. The van der Waals surface area contributed by atoms with Gasteiger partial charge in [0.15, 0.2) is 0 Å². The maximum atomic E-state index is 6.04. The Morgan fingerprint density at radius 2 is 2.20 bits per heavy atom. The molecule has 0 amide bonds. The van der Waals surface area contributed by atoms with E-state index < -0.39 is 0 Å². The molecule has 1 atom stereocenters. The van der Waals surface area contributed by atoms with Crippen LogP contribution in [0, 0.1) is 3.57 Å². The van der Waals surface area contributed by atoms with Gasteiger partial charge in [-0.25, -0.2) is 0 Å². The van der Waals surface area contributed by atoms with Crippen molar-refractivity contribution in [1.29, 1.82) is 0 Å². The third-order valence-electron chi connectivity index (χ3n) is 2.15. The van der Waals surface area contributed by atoms with Crippen LogP contribution in [0.25, 0.3) is 0 Å². The van der Waals surface area contributed by atoms with Crippen LogP contribution in [-0.2, 0) is 6.54 Å². The van der Waals surface area contributed by atoms with Crippen LogP contribution in [0.5, 0.6) is 0 Å². The lowest BCUT2D eigenvalue weighted by molar-refractivity contribution is 0.523. The Labute approximate surface area is 110 Å². The topological polar surface area (TPSA) is 24.1 Å². The smallest absolute Gasteiger partial charge is 0.0542 e. The molecule has 0 saturated heterocycles. The van der Waals surface area contributed by atoms with Crippen molar-refractivity contribution in [2.75, 3.05) is 13.6 Å². The largest absolute Gasteiger partial charge is 0.318 e. The van der Waals surface area contributed by atoms with E-state index in [9.17, 15) is 0 Å². The molecule has 84 valence electrons. The molecule has 0 aliphatic carbocycles. The normalized spacial score (nSPS) is 12.8. The van der Waals surface area contributed by atoms with Crippen molar-refractivity contribution in [1.82, 2.24) is 10.6 Å². The molecule has 2 N–H and O–H groups in total. The quantitative estimate of drug-likeness (QED) is 0.807. The third-order valence-corrected chi connectivity index (χ3v) is 3.72. The minimum Gasteiger partial charge on any atom is -0.318 e. The number of likely N-dealkylation sites (N-methyl/N-ethyl adjacent to an activating group) is 1. The fraction of sp³-hybridized carbons (Fsp3) is 0.455. The lowest BCUT2D eigenvalue weighted by Crippen LogP contribution is -2.34. The molecular formula is C11H16ClIN2. The molecule has 0 aromatic heterocycles. The summed E-state index contributed by atoms with van der Waals surface area (Å²) in [5.74, 6) is 0. The van der Waals surface area contributed by atoms with Crippen molar-refractivity contribution in [3.63, 3.8) is 0 Å². The Morgan fingerprint density at radius 3 is 2.80 bits per heavy atom. The number of rotatable bonds is 5. The summed E-state index contributed by atoms with van der Waals surface area (Å²) in [6, 6.07) is 6.63. The molecule has 0 bridgehead atoms. The fourth-order valence-corrected chi connectivity index (χ4v) is 1.86. The van der Waals surface area contributed by atoms with Crippen LogP contribution in [0.15, 0.2) is 18.2 Å². The minimum atomic E-state index is 0.466.